The molecule has 0 aliphatic heterocycles. The quantitative estimate of drug-likeness (QED) is 0.848. The molecular weight excluding hydrogens is 251 g/mol. The molecule has 18 heavy (non-hydrogen) atoms. The second-order valence-electron chi connectivity index (χ2n) is 3.73. The SMILES string of the molecule is COc1ccccc1CS(=O)c1ccccc1F. The highest BCUT2D eigenvalue weighted by Gasteiger charge is 2.12. The highest BCUT2D eigenvalue weighted by molar-refractivity contribution is 7.84. The van der Waals surface area contributed by atoms with Crippen LogP contribution in [-0.4, -0.2) is 11.3 Å². The molecule has 4 heteroatoms. The third-order valence-electron chi connectivity index (χ3n) is 2.56. The van der Waals surface area contributed by atoms with Gasteiger partial charge in [-0.2, -0.15) is 0 Å². The molecule has 2 rings (SSSR count). The predicted molar refractivity (Wildman–Crippen MR) is 69.5 cm³/mol. The first kappa shape index (κ1) is 12.8. The zero-order chi connectivity index (χ0) is 13.0. The molecule has 0 bridgehead atoms. The van der Waals surface area contributed by atoms with Crippen molar-refractivity contribution in [3.8, 4) is 5.75 Å². The molecule has 2 aromatic carbocycles. The number of hydrogen-bond acceptors (Lipinski definition) is 2. The van der Waals surface area contributed by atoms with Crippen molar-refractivity contribution in [1.82, 2.24) is 0 Å². The first-order valence-electron chi connectivity index (χ1n) is 5.47. The van der Waals surface area contributed by atoms with Gasteiger partial charge in [0.25, 0.3) is 0 Å². The molecule has 94 valence electrons. The van der Waals surface area contributed by atoms with Crippen LogP contribution in [0.15, 0.2) is 53.4 Å². The second kappa shape index (κ2) is 5.78. The highest BCUT2D eigenvalue weighted by Crippen LogP contribution is 2.22. The molecule has 0 radical (unpaired) electrons. The fourth-order valence-electron chi connectivity index (χ4n) is 1.67. The molecule has 2 nitrogen and oxygen atoms in total. The van der Waals surface area contributed by atoms with Crippen molar-refractivity contribution in [2.75, 3.05) is 7.11 Å². The van der Waals surface area contributed by atoms with E-state index in [2.05, 4.69) is 0 Å². The van der Waals surface area contributed by atoms with Gasteiger partial charge in [0.1, 0.15) is 11.6 Å². The molecule has 0 amide bonds. The van der Waals surface area contributed by atoms with Crippen molar-refractivity contribution in [1.29, 1.82) is 0 Å². The number of rotatable bonds is 4. The average molecular weight is 264 g/mol. The van der Waals surface area contributed by atoms with Gasteiger partial charge in [0, 0.05) is 5.56 Å². The maximum Gasteiger partial charge on any atom is 0.139 e. The van der Waals surface area contributed by atoms with Crippen molar-refractivity contribution in [2.45, 2.75) is 10.6 Å². The minimum atomic E-state index is -1.41. The van der Waals surface area contributed by atoms with Crippen molar-refractivity contribution >= 4 is 10.8 Å². The Hall–Kier alpha value is -1.68. The number of ether oxygens (including phenoxy) is 1. The van der Waals surface area contributed by atoms with Crippen molar-refractivity contribution in [3.05, 3.63) is 59.9 Å². The number of hydrogen-bond donors (Lipinski definition) is 0. The smallest absolute Gasteiger partial charge is 0.139 e. The topological polar surface area (TPSA) is 26.3 Å². The van der Waals surface area contributed by atoms with E-state index in [1.54, 1.807) is 31.4 Å². The lowest BCUT2D eigenvalue weighted by atomic mass is 10.2. The number of methoxy groups -OCH3 is 1. The standard InChI is InChI=1S/C14H13FO2S/c1-17-13-8-4-2-6-11(13)10-18(16)14-9-5-3-7-12(14)15/h2-9H,10H2,1H3. The lowest BCUT2D eigenvalue weighted by molar-refractivity contribution is 0.411. The summed E-state index contributed by atoms with van der Waals surface area (Å²) in [6, 6.07) is 13.4. The van der Waals surface area contributed by atoms with Crippen LogP contribution in [0.5, 0.6) is 5.75 Å². The van der Waals surface area contributed by atoms with Crippen LogP contribution in [-0.2, 0) is 16.6 Å². The normalized spacial score (nSPS) is 12.1. The Morgan fingerprint density at radius 2 is 1.78 bits per heavy atom. The van der Waals surface area contributed by atoms with E-state index in [4.69, 9.17) is 4.74 Å². The average Bonchev–Trinajstić information content (AvgIpc) is 2.39. The van der Waals surface area contributed by atoms with E-state index < -0.39 is 16.6 Å². The first-order valence-corrected chi connectivity index (χ1v) is 6.79. The van der Waals surface area contributed by atoms with Gasteiger partial charge in [-0.05, 0) is 18.2 Å². The van der Waals surface area contributed by atoms with Gasteiger partial charge in [0.2, 0.25) is 0 Å². The fourth-order valence-corrected chi connectivity index (χ4v) is 2.86. The lowest BCUT2D eigenvalue weighted by Crippen LogP contribution is -2.01. The van der Waals surface area contributed by atoms with Gasteiger partial charge in [-0.15, -0.1) is 0 Å². The third kappa shape index (κ3) is 2.76. The zero-order valence-corrected chi connectivity index (χ0v) is 10.7. The molecule has 1 atom stereocenters. The molecule has 0 heterocycles. The lowest BCUT2D eigenvalue weighted by Gasteiger charge is -2.08. The Bertz CT molecular complexity index is 569. The minimum absolute atomic E-state index is 0.225. The molecule has 0 spiro atoms. The summed E-state index contributed by atoms with van der Waals surface area (Å²) in [5, 5.41) is 0. The van der Waals surface area contributed by atoms with Gasteiger partial charge in [-0.1, -0.05) is 30.3 Å². The minimum Gasteiger partial charge on any atom is -0.496 e. The molecule has 0 aliphatic carbocycles. The maximum atomic E-state index is 13.5. The Balaban J connectivity index is 2.24. The second-order valence-corrected chi connectivity index (χ2v) is 5.15. The summed E-state index contributed by atoms with van der Waals surface area (Å²) < 4.78 is 30.8. The van der Waals surface area contributed by atoms with Crippen molar-refractivity contribution in [2.24, 2.45) is 0 Å². The van der Waals surface area contributed by atoms with Crippen LogP contribution in [0.3, 0.4) is 0 Å². The molecular formula is C14H13FO2S. The Kier molecular flexibility index (Phi) is 4.10. The third-order valence-corrected chi connectivity index (χ3v) is 3.96. The molecule has 0 N–H and O–H groups in total. The molecule has 0 fully saturated rings. The Morgan fingerprint density at radius 1 is 1.11 bits per heavy atom. The summed E-state index contributed by atoms with van der Waals surface area (Å²) in [6.07, 6.45) is 0. The van der Waals surface area contributed by atoms with Crippen LogP contribution in [0, 0.1) is 5.82 Å². The Morgan fingerprint density at radius 3 is 2.50 bits per heavy atom. The van der Waals surface area contributed by atoms with E-state index in [0.717, 1.165) is 5.56 Å². The predicted octanol–water partition coefficient (Wildman–Crippen LogP) is 3.14. The monoisotopic (exact) mass is 264 g/mol. The number of halogens is 1. The van der Waals surface area contributed by atoms with Gasteiger partial charge in [-0.25, -0.2) is 4.39 Å². The summed E-state index contributed by atoms with van der Waals surface area (Å²) in [5.41, 5.74) is 0.807. The van der Waals surface area contributed by atoms with E-state index in [0.29, 0.717) is 5.75 Å². The molecule has 0 aliphatic rings. The van der Waals surface area contributed by atoms with Crippen LogP contribution >= 0.6 is 0 Å². The van der Waals surface area contributed by atoms with Gasteiger partial charge in [0.05, 0.1) is 28.6 Å². The van der Waals surface area contributed by atoms with E-state index in [1.807, 2.05) is 18.2 Å². The number of benzene rings is 2. The summed E-state index contributed by atoms with van der Waals surface area (Å²) in [6.45, 7) is 0. The molecule has 1 unspecified atom stereocenters. The van der Waals surface area contributed by atoms with Gasteiger partial charge < -0.3 is 4.74 Å². The molecule has 2 aromatic rings. The summed E-state index contributed by atoms with van der Waals surface area (Å²) in [7, 11) is 0.148. The first-order chi connectivity index (χ1) is 8.72. The van der Waals surface area contributed by atoms with Crippen LogP contribution < -0.4 is 4.74 Å². The number of para-hydroxylation sites is 1. The van der Waals surface area contributed by atoms with Gasteiger partial charge >= 0.3 is 0 Å². The van der Waals surface area contributed by atoms with Crippen LogP contribution in [0.4, 0.5) is 4.39 Å². The van der Waals surface area contributed by atoms with E-state index in [9.17, 15) is 8.60 Å². The van der Waals surface area contributed by atoms with Crippen LogP contribution in [0.1, 0.15) is 5.56 Å². The largest absolute Gasteiger partial charge is 0.496 e. The molecule has 0 saturated heterocycles. The van der Waals surface area contributed by atoms with Crippen LogP contribution in [0.25, 0.3) is 0 Å². The Labute approximate surface area is 108 Å². The van der Waals surface area contributed by atoms with E-state index in [1.165, 1.54) is 6.07 Å². The van der Waals surface area contributed by atoms with Crippen molar-refractivity contribution in [3.63, 3.8) is 0 Å². The molecule has 0 saturated carbocycles. The van der Waals surface area contributed by atoms with Crippen LogP contribution in [0.2, 0.25) is 0 Å². The van der Waals surface area contributed by atoms with Gasteiger partial charge in [-0.3, -0.25) is 4.21 Å². The summed E-state index contributed by atoms with van der Waals surface area (Å²) in [4.78, 5) is 0.225. The zero-order valence-electron chi connectivity index (χ0n) is 9.93. The van der Waals surface area contributed by atoms with Gasteiger partial charge in [0.15, 0.2) is 0 Å². The highest BCUT2D eigenvalue weighted by atomic mass is 32.2. The molecule has 0 aromatic heterocycles. The summed E-state index contributed by atoms with van der Waals surface area (Å²) >= 11 is 0. The summed E-state index contributed by atoms with van der Waals surface area (Å²) in [5.74, 6) is 0.471. The van der Waals surface area contributed by atoms with E-state index >= 15 is 0 Å². The van der Waals surface area contributed by atoms with E-state index in [-0.39, 0.29) is 10.6 Å². The fraction of sp³-hybridized carbons (Fsp3) is 0.143. The van der Waals surface area contributed by atoms with Crippen molar-refractivity contribution < 1.29 is 13.3 Å². The maximum absolute atomic E-state index is 13.5.